The highest BCUT2D eigenvalue weighted by molar-refractivity contribution is 9.10. The number of rotatable bonds is 2. The van der Waals surface area contributed by atoms with Gasteiger partial charge in [0.15, 0.2) is 0 Å². The topological polar surface area (TPSA) is 38.3 Å². The third-order valence-electron chi connectivity index (χ3n) is 2.81. The van der Waals surface area contributed by atoms with Gasteiger partial charge >= 0.3 is 0 Å². The van der Waals surface area contributed by atoms with Crippen LogP contribution in [0.25, 0.3) is 0 Å². The van der Waals surface area contributed by atoms with Gasteiger partial charge in [-0.2, -0.15) is 0 Å². The van der Waals surface area contributed by atoms with Crippen molar-refractivity contribution in [1.29, 1.82) is 0 Å². The van der Waals surface area contributed by atoms with Crippen LogP contribution in [0.2, 0.25) is 0 Å². The molecule has 0 aromatic heterocycles. The Hall–Kier alpha value is -0.940. The zero-order chi connectivity index (χ0) is 12.5. The number of carbonyl (C=O) groups excluding carboxylic acids is 1. The average molecular weight is 302 g/mol. The first-order valence-corrected chi connectivity index (χ1v) is 6.15. The minimum Gasteiger partial charge on any atom is -0.379 e. The first kappa shape index (κ1) is 12.5. The molecule has 0 bridgehead atoms. The van der Waals surface area contributed by atoms with Crippen LogP contribution in [0.15, 0.2) is 22.7 Å². The number of amides is 1. The van der Waals surface area contributed by atoms with E-state index in [4.69, 9.17) is 4.74 Å². The minimum atomic E-state index is -0.371. The number of ether oxygens (including phenoxy) is 1. The van der Waals surface area contributed by atoms with Gasteiger partial charge in [0, 0.05) is 11.1 Å². The second kappa shape index (κ2) is 4.74. The molecule has 1 N–H and O–H groups in total. The second-order valence-corrected chi connectivity index (χ2v) is 5.30. The van der Waals surface area contributed by atoms with Crippen LogP contribution >= 0.6 is 15.9 Å². The maximum absolute atomic E-state index is 12.9. The number of benzene rings is 1. The molecule has 1 saturated heterocycles. The van der Waals surface area contributed by atoms with Crippen LogP contribution in [0.1, 0.15) is 23.7 Å². The lowest BCUT2D eigenvalue weighted by molar-refractivity contribution is 0.0889. The molecule has 1 heterocycles. The highest BCUT2D eigenvalue weighted by Crippen LogP contribution is 2.21. The van der Waals surface area contributed by atoms with E-state index in [2.05, 4.69) is 21.2 Å². The van der Waals surface area contributed by atoms with Crippen LogP contribution in [0.4, 0.5) is 4.39 Å². The summed E-state index contributed by atoms with van der Waals surface area (Å²) >= 11 is 3.18. The van der Waals surface area contributed by atoms with Crippen molar-refractivity contribution in [1.82, 2.24) is 5.32 Å². The Morgan fingerprint density at radius 2 is 2.35 bits per heavy atom. The predicted molar refractivity (Wildman–Crippen MR) is 65.4 cm³/mol. The van der Waals surface area contributed by atoms with Crippen molar-refractivity contribution in [2.75, 3.05) is 13.2 Å². The number of hydrogen-bond acceptors (Lipinski definition) is 2. The summed E-state index contributed by atoms with van der Waals surface area (Å²) in [4.78, 5) is 12.0. The van der Waals surface area contributed by atoms with Crippen molar-refractivity contribution in [2.45, 2.75) is 18.9 Å². The average Bonchev–Trinajstić information content (AvgIpc) is 2.64. The molecule has 1 unspecified atom stereocenters. The molecule has 2 rings (SSSR count). The van der Waals surface area contributed by atoms with Crippen molar-refractivity contribution in [3.8, 4) is 0 Å². The fourth-order valence-corrected chi connectivity index (χ4v) is 2.31. The summed E-state index contributed by atoms with van der Waals surface area (Å²) in [5.74, 6) is -0.589. The summed E-state index contributed by atoms with van der Waals surface area (Å²) < 4.78 is 18.6. The molecule has 0 radical (unpaired) electrons. The molecule has 1 aliphatic heterocycles. The van der Waals surface area contributed by atoms with Crippen molar-refractivity contribution in [2.24, 2.45) is 0 Å². The Balaban J connectivity index is 2.14. The number of hydrogen-bond donors (Lipinski definition) is 1. The first-order chi connectivity index (χ1) is 8.00. The smallest absolute Gasteiger partial charge is 0.252 e. The van der Waals surface area contributed by atoms with Gasteiger partial charge in [0.05, 0.1) is 17.7 Å². The molecule has 92 valence electrons. The highest BCUT2D eigenvalue weighted by atomic mass is 79.9. The van der Waals surface area contributed by atoms with Gasteiger partial charge in [-0.15, -0.1) is 0 Å². The number of nitrogens with one attached hydrogen (secondary N) is 1. The Kier molecular flexibility index (Phi) is 3.49. The lowest BCUT2D eigenvalue weighted by Gasteiger charge is -2.23. The lowest BCUT2D eigenvalue weighted by Crippen LogP contribution is -2.46. The van der Waals surface area contributed by atoms with Crippen LogP contribution in [-0.2, 0) is 4.74 Å². The molecular weight excluding hydrogens is 289 g/mol. The van der Waals surface area contributed by atoms with Gasteiger partial charge < -0.3 is 10.1 Å². The largest absolute Gasteiger partial charge is 0.379 e. The Labute approximate surface area is 107 Å². The molecule has 1 amide bonds. The first-order valence-electron chi connectivity index (χ1n) is 5.35. The molecule has 1 aromatic carbocycles. The summed E-state index contributed by atoms with van der Waals surface area (Å²) in [6.07, 6.45) is 0.789. The molecule has 17 heavy (non-hydrogen) atoms. The lowest BCUT2D eigenvalue weighted by atomic mass is 10.0. The number of carbonyl (C=O) groups is 1. The van der Waals surface area contributed by atoms with Gasteiger partial charge in [0.1, 0.15) is 5.82 Å². The summed E-state index contributed by atoms with van der Waals surface area (Å²) in [5, 5.41) is 2.92. The third-order valence-corrected chi connectivity index (χ3v) is 3.47. The van der Waals surface area contributed by atoms with Crippen molar-refractivity contribution >= 4 is 21.8 Å². The van der Waals surface area contributed by atoms with E-state index >= 15 is 0 Å². The van der Waals surface area contributed by atoms with E-state index in [1.165, 1.54) is 18.2 Å². The highest BCUT2D eigenvalue weighted by Gasteiger charge is 2.31. The van der Waals surface area contributed by atoms with Gasteiger partial charge in [-0.3, -0.25) is 4.79 Å². The molecule has 3 nitrogen and oxygen atoms in total. The van der Waals surface area contributed by atoms with Crippen LogP contribution in [0, 0.1) is 5.82 Å². The maximum Gasteiger partial charge on any atom is 0.252 e. The third kappa shape index (κ3) is 2.84. The quantitative estimate of drug-likeness (QED) is 0.911. The van der Waals surface area contributed by atoms with Gasteiger partial charge in [-0.25, -0.2) is 4.39 Å². The van der Waals surface area contributed by atoms with Crippen LogP contribution in [0.5, 0.6) is 0 Å². The Morgan fingerprint density at radius 1 is 1.59 bits per heavy atom. The standard InChI is InChI=1S/C12H13BrFNO2/c1-12(4-5-17-7-12)15-11(16)9-3-2-8(14)6-10(9)13/h2-3,6H,4-5,7H2,1H3,(H,15,16). The minimum absolute atomic E-state index is 0.218. The van der Waals surface area contributed by atoms with Crippen LogP contribution in [0.3, 0.4) is 0 Å². The van der Waals surface area contributed by atoms with E-state index in [9.17, 15) is 9.18 Å². The zero-order valence-electron chi connectivity index (χ0n) is 9.43. The second-order valence-electron chi connectivity index (χ2n) is 4.44. The van der Waals surface area contributed by atoms with Crippen LogP contribution in [-0.4, -0.2) is 24.7 Å². The molecule has 1 aromatic rings. The number of halogens is 2. The van der Waals surface area contributed by atoms with Gasteiger partial charge in [-0.05, 0) is 47.5 Å². The van der Waals surface area contributed by atoms with Crippen molar-refractivity contribution < 1.29 is 13.9 Å². The molecular formula is C12H13BrFNO2. The van der Waals surface area contributed by atoms with Crippen molar-refractivity contribution in [3.63, 3.8) is 0 Å². The monoisotopic (exact) mass is 301 g/mol. The summed E-state index contributed by atoms with van der Waals surface area (Å²) in [7, 11) is 0. The maximum atomic E-state index is 12.9. The van der Waals surface area contributed by atoms with E-state index in [1.54, 1.807) is 0 Å². The van der Waals surface area contributed by atoms with E-state index in [0.717, 1.165) is 6.42 Å². The summed E-state index contributed by atoms with van der Waals surface area (Å²) in [5.41, 5.74) is 0.102. The predicted octanol–water partition coefficient (Wildman–Crippen LogP) is 2.50. The fourth-order valence-electron chi connectivity index (χ4n) is 1.78. The van der Waals surface area contributed by atoms with Gasteiger partial charge in [-0.1, -0.05) is 0 Å². The van der Waals surface area contributed by atoms with E-state index in [0.29, 0.717) is 23.2 Å². The normalized spacial score (nSPS) is 23.7. The van der Waals surface area contributed by atoms with Gasteiger partial charge in [0.2, 0.25) is 0 Å². The molecule has 1 fully saturated rings. The van der Waals surface area contributed by atoms with E-state index < -0.39 is 0 Å². The molecule has 0 aliphatic carbocycles. The van der Waals surface area contributed by atoms with Crippen LogP contribution < -0.4 is 5.32 Å². The Bertz CT molecular complexity index is 444. The van der Waals surface area contributed by atoms with E-state index in [1.807, 2.05) is 6.92 Å². The molecule has 1 atom stereocenters. The zero-order valence-corrected chi connectivity index (χ0v) is 11.0. The Morgan fingerprint density at radius 3 is 2.94 bits per heavy atom. The summed E-state index contributed by atoms with van der Waals surface area (Å²) in [6, 6.07) is 4.02. The molecule has 5 heteroatoms. The fraction of sp³-hybridized carbons (Fsp3) is 0.417. The summed E-state index contributed by atoms with van der Waals surface area (Å²) in [6.45, 7) is 3.11. The van der Waals surface area contributed by atoms with Gasteiger partial charge in [0.25, 0.3) is 5.91 Å². The molecule has 0 spiro atoms. The van der Waals surface area contributed by atoms with E-state index in [-0.39, 0.29) is 17.3 Å². The van der Waals surface area contributed by atoms with Crippen molar-refractivity contribution in [3.05, 3.63) is 34.1 Å². The molecule has 1 aliphatic rings. The SMILES string of the molecule is CC1(NC(=O)c2ccc(F)cc2Br)CCOC1. The molecule has 0 saturated carbocycles.